The summed E-state index contributed by atoms with van der Waals surface area (Å²) >= 11 is 41.1. The highest BCUT2D eigenvalue weighted by atomic mass is 35.5. The molecule has 0 amide bonds. The van der Waals surface area contributed by atoms with Gasteiger partial charge in [-0.3, -0.25) is 0 Å². The highest BCUT2D eigenvalue weighted by molar-refractivity contribution is 6.38. The molecule has 0 radical (unpaired) electrons. The molecule has 0 atom stereocenters. The molecule has 60 heavy (non-hydrogen) atoms. The molecule has 8 aromatic rings. The zero-order valence-electron chi connectivity index (χ0n) is 32.1. The lowest BCUT2D eigenvalue weighted by Gasteiger charge is -2.30. The Morgan fingerprint density at radius 2 is 0.817 bits per heavy atom. The van der Waals surface area contributed by atoms with E-state index < -0.39 is 0 Å². The second-order valence-electron chi connectivity index (χ2n) is 13.7. The minimum atomic E-state index is 0.475. The van der Waals surface area contributed by atoms with Crippen molar-refractivity contribution < 1.29 is 9.47 Å². The Hall–Kier alpha value is -5.30. The van der Waals surface area contributed by atoms with Gasteiger partial charge in [0.25, 0.3) is 0 Å². The number of rotatable bonds is 11. The van der Waals surface area contributed by atoms with Crippen LogP contribution >= 0.6 is 69.6 Å². The number of benzene rings is 8. The van der Waals surface area contributed by atoms with Gasteiger partial charge >= 0.3 is 0 Å². The Morgan fingerprint density at radius 1 is 0.333 bits per heavy atom. The summed E-state index contributed by atoms with van der Waals surface area (Å²) in [5, 5.41) is 3.08. The highest BCUT2D eigenvalue weighted by Crippen LogP contribution is 2.50. The number of ether oxygens (including phenoxy) is 2. The average molecular weight is 908 g/mol. The van der Waals surface area contributed by atoms with Crippen molar-refractivity contribution in [3.05, 3.63) is 200 Å². The lowest BCUT2D eigenvalue weighted by molar-refractivity contribution is 0.416. The van der Waals surface area contributed by atoms with E-state index in [1.165, 1.54) is 0 Å². The van der Waals surface area contributed by atoms with Gasteiger partial charge in [-0.05, 0) is 107 Å². The van der Waals surface area contributed by atoms with Crippen molar-refractivity contribution >= 4 is 104 Å². The molecule has 0 aromatic heterocycles. The minimum Gasteiger partial charge on any atom is -0.495 e. The normalized spacial score (nSPS) is 11.0. The van der Waals surface area contributed by atoms with Crippen LogP contribution in [0.5, 0.6) is 11.5 Å². The number of anilines is 6. The molecule has 0 fully saturated rings. The fourth-order valence-corrected chi connectivity index (χ4v) is 8.45. The monoisotopic (exact) mass is 904 g/mol. The van der Waals surface area contributed by atoms with Crippen LogP contribution in [0.1, 0.15) is 0 Å². The van der Waals surface area contributed by atoms with E-state index in [9.17, 15) is 0 Å². The van der Waals surface area contributed by atoms with Crippen LogP contribution in [-0.4, -0.2) is 14.2 Å². The van der Waals surface area contributed by atoms with Crippen LogP contribution in [0.15, 0.2) is 170 Å². The standard InChI is InChI=1S/C50H34Cl6N2O2/c1-59-49-24-19-36(52)27-47(49)57(38-21-16-32(17-22-38)31-8-4-3-5-9-31)46-30-42(55)40(29-43(46)56)34-14-12-33(13-15-34)39-10-6-7-11-44(39)58(45-26-35(51)18-23-41(45)54)48-28-37(53)20-25-50(48)60-2/h3-30H,1-2H3. The molecule has 298 valence electrons. The molecule has 0 aliphatic carbocycles. The third kappa shape index (κ3) is 8.50. The summed E-state index contributed by atoms with van der Waals surface area (Å²) in [6.45, 7) is 0. The second-order valence-corrected chi connectivity index (χ2v) is 16.2. The Morgan fingerprint density at radius 3 is 1.43 bits per heavy atom. The van der Waals surface area contributed by atoms with Crippen LogP contribution in [0, 0.1) is 0 Å². The van der Waals surface area contributed by atoms with Gasteiger partial charge in [0.2, 0.25) is 0 Å². The summed E-state index contributed by atoms with van der Waals surface area (Å²) in [7, 11) is 3.25. The highest BCUT2D eigenvalue weighted by Gasteiger charge is 2.25. The Labute approximate surface area is 379 Å². The van der Waals surface area contributed by atoms with E-state index in [1.807, 2.05) is 113 Å². The van der Waals surface area contributed by atoms with Crippen molar-refractivity contribution in [1.82, 2.24) is 0 Å². The maximum Gasteiger partial charge on any atom is 0.142 e. The van der Waals surface area contributed by atoms with Gasteiger partial charge in [0.15, 0.2) is 0 Å². The molecule has 4 nitrogen and oxygen atoms in total. The molecule has 10 heteroatoms. The van der Waals surface area contributed by atoms with Gasteiger partial charge in [0, 0.05) is 31.9 Å². The molecule has 0 heterocycles. The molecule has 8 aromatic carbocycles. The van der Waals surface area contributed by atoms with Crippen LogP contribution in [0.2, 0.25) is 30.1 Å². The summed E-state index contributed by atoms with van der Waals surface area (Å²) in [5.74, 6) is 1.22. The maximum absolute atomic E-state index is 7.25. The quantitative estimate of drug-likeness (QED) is 0.129. The van der Waals surface area contributed by atoms with Crippen LogP contribution in [-0.2, 0) is 0 Å². The van der Waals surface area contributed by atoms with E-state index in [0.717, 1.165) is 44.8 Å². The van der Waals surface area contributed by atoms with E-state index in [0.29, 0.717) is 64.4 Å². The molecule has 0 saturated carbocycles. The Bertz CT molecular complexity index is 2820. The number of hydrogen-bond donors (Lipinski definition) is 0. The first-order chi connectivity index (χ1) is 29.1. The van der Waals surface area contributed by atoms with Gasteiger partial charge in [0.1, 0.15) is 11.5 Å². The van der Waals surface area contributed by atoms with Crippen molar-refractivity contribution in [2.45, 2.75) is 0 Å². The van der Waals surface area contributed by atoms with Gasteiger partial charge in [-0.1, -0.05) is 155 Å². The SMILES string of the molecule is COc1ccc(Cl)cc1N(c1ccc(-c2ccccc2)cc1)c1cc(Cl)c(-c2ccc(-c3ccccc3N(c3cc(Cl)ccc3Cl)c3cc(Cl)ccc3OC)cc2)cc1Cl. The second kappa shape index (κ2) is 18.1. The molecule has 0 N–H and O–H groups in total. The zero-order valence-corrected chi connectivity index (χ0v) is 36.7. The van der Waals surface area contributed by atoms with Crippen molar-refractivity contribution in [1.29, 1.82) is 0 Å². The summed E-state index contributed by atoms with van der Waals surface area (Å²) in [6, 6.07) is 54.7. The van der Waals surface area contributed by atoms with E-state index in [-0.39, 0.29) is 0 Å². The molecule has 0 saturated heterocycles. The summed E-state index contributed by atoms with van der Waals surface area (Å²) < 4.78 is 11.6. The number of nitrogens with zero attached hydrogens (tertiary/aromatic N) is 2. The van der Waals surface area contributed by atoms with Crippen LogP contribution in [0.25, 0.3) is 33.4 Å². The third-order valence-corrected chi connectivity index (χ3v) is 11.7. The lowest BCUT2D eigenvalue weighted by atomic mass is 9.98. The first-order valence-corrected chi connectivity index (χ1v) is 21.0. The molecule has 0 bridgehead atoms. The molecular formula is C50H34Cl6N2O2. The molecule has 0 unspecified atom stereocenters. The molecule has 8 rings (SSSR count). The van der Waals surface area contributed by atoms with Gasteiger partial charge in [-0.2, -0.15) is 0 Å². The summed E-state index contributed by atoms with van der Waals surface area (Å²) in [4.78, 5) is 4.01. The van der Waals surface area contributed by atoms with Gasteiger partial charge in [-0.15, -0.1) is 0 Å². The number of para-hydroxylation sites is 1. The van der Waals surface area contributed by atoms with E-state index in [4.69, 9.17) is 79.1 Å². The van der Waals surface area contributed by atoms with Gasteiger partial charge < -0.3 is 19.3 Å². The fourth-order valence-electron chi connectivity index (χ4n) is 7.23. The maximum atomic E-state index is 7.25. The van der Waals surface area contributed by atoms with Crippen molar-refractivity contribution in [3.8, 4) is 44.9 Å². The average Bonchev–Trinajstić information content (AvgIpc) is 3.27. The van der Waals surface area contributed by atoms with E-state index >= 15 is 0 Å². The van der Waals surface area contributed by atoms with E-state index in [1.54, 1.807) is 38.5 Å². The predicted molar refractivity (Wildman–Crippen MR) is 255 cm³/mol. The van der Waals surface area contributed by atoms with Gasteiger partial charge in [0.05, 0.1) is 57.7 Å². The van der Waals surface area contributed by atoms with Crippen LogP contribution < -0.4 is 19.3 Å². The number of methoxy groups -OCH3 is 2. The summed E-state index contributed by atoms with van der Waals surface area (Å²) in [5.41, 5.74) is 10.1. The smallest absolute Gasteiger partial charge is 0.142 e. The largest absolute Gasteiger partial charge is 0.495 e. The molecule has 0 spiro atoms. The Kier molecular flexibility index (Phi) is 12.5. The zero-order chi connectivity index (χ0) is 41.9. The number of halogens is 6. The van der Waals surface area contributed by atoms with Crippen molar-refractivity contribution in [2.24, 2.45) is 0 Å². The molecule has 0 aliphatic rings. The van der Waals surface area contributed by atoms with E-state index in [2.05, 4.69) is 42.5 Å². The first-order valence-electron chi connectivity index (χ1n) is 18.7. The fraction of sp³-hybridized carbons (Fsp3) is 0.0400. The van der Waals surface area contributed by atoms with Crippen LogP contribution in [0.3, 0.4) is 0 Å². The number of hydrogen-bond acceptors (Lipinski definition) is 4. The first kappa shape index (κ1) is 41.4. The van der Waals surface area contributed by atoms with Crippen LogP contribution in [0.4, 0.5) is 34.1 Å². The third-order valence-electron chi connectivity index (χ3n) is 10.1. The summed E-state index contributed by atoms with van der Waals surface area (Å²) in [6.07, 6.45) is 0. The van der Waals surface area contributed by atoms with Crippen molar-refractivity contribution in [2.75, 3.05) is 24.0 Å². The topological polar surface area (TPSA) is 24.9 Å². The van der Waals surface area contributed by atoms with Gasteiger partial charge in [-0.25, -0.2) is 0 Å². The minimum absolute atomic E-state index is 0.475. The lowest BCUT2D eigenvalue weighted by Crippen LogP contribution is -2.13. The molecule has 0 aliphatic heterocycles. The Balaban J connectivity index is 1.19. The molecular weight excluding hydrogens is 873 g/mol. The van der Waals surface area contributed by atoms with Crippen molar-refractivity contribution in [3.63, 3.8) is 0 Å². The predicted octanol–water partition coefficient (Wildman–Crippen LogP) is 17.6.